The van der Waals surface area contributed by atoms with Crippen LogP contribution >= 0.6 is 0 Å². The molecule has 0 aromatic heterocycles. The van der Waals surface area contributed by atoms with Crippen LogP contribution in [0.25, 0.3) is 0 Å². The normalized spacial score (nSPS) is 20.6. The first-order valence-electron chi connectivity index (χ1n) is 6.94. The number of methoxy groups -OCH3 is 1. The Bertz CT molecular complexity index is 182. The minimum Gasteiger partial charge on any atom is -0.383 e. The highest BCUT2D eigenvalue weighted by Crippen LogP contribution is 2.06. The second-order valence-corrected chi connectivity index (χ2v) is 4.92. The molecule has 4 nitrogen and oxygen atoms in total. The molecular weight excluding hydrogens is 214 g/mol. The van der Waals surface area contributed by atoms with E-state index in [9.17, 15) is 0 Å². The molecule has 0 aromatic carbocycles. The van der Waals surface area contributed by atoms with E-state index < -0.39 is 0 Å². The minimum absolute atomic E-state index is 0.635. The van der Waals surface area contributed by atoms with Gasteiger partial charge in [0, 0.05) is 52.4 Å². The maximum atomic E-state index is 5.03. The molecule has 1 aliphatic rings. The molecule has 0 saturated carbocycles. The Kier molecular flexibility index (Phi) is 7.77. The van der Waals surface area contributed by atoms with Crippen molar-refractivity contribution in [2.24, 2.45) is 0 Å². The predicted molar refractivity (Wildman–Crippen MR) is 72.5 cm³/mol. The Morgan fingerprint density at radius 3 is 2.53 bits per heavy atom. The summed E-state index contributed by atoms with van der Waals surface area (Å²) < 4.78 is 5.03. The van der Waals surface area contributed by atoms with Gasteiger partial charge in [0.25, 0.3) is 0 Å². The van der Waals surface area contributed by atoms with E-state index in [-0.39, 0.29) is 0 Å². The smallest absolute Gasteiger partial charge is 0.0587 e. The van der Waals surface area contributed by atoms with E-state index in [1.54, 1.807) is 7.11 Å². The van der Waals surface area contributed by atoms with Gasteiger partial charge < -0.3 is 15.0 Å². The number of rotatable bonds is 8. The van der Waals surface area contributed by atoms with Crippen molar-refractivity contribution < 1.29 is 4.74 Å². The average Bonchev–Trinajstić information content (AvgIpc) is 2.36. The number of nitrogens with zero attached hydrogens (tertiary/aromatic N) is 2. The number of nitrogens with one attached hydrogen (secondary N) is 1. The van der Waals surface area contributed by atoms with Crippen LogP contribution in [0.1, 0.15) is 20.3 Å². The van der Waals surface area contributed by atoms with Gasteiger partial charge in [0.2, 0.25) is 0 Å². The summed E-state index contributed by atoms with van der Waals surface area (Å²) in [6.45, 7) is 13.6. The Hall–Kier alpha value is -0.160. The van der Waals surface area contributed by atoms with Gasteiger partial charge in [-0.2, -0.15) is 0 Å². The van der Waals surface area contributed by atoms with E-state index >= 15 is 0 Å². The van der Waals surface area contributed by atoms with Crippen LogP contribution in [0.15, 0.2) is 0 Å². The molecule has 17 heavy (non-hydrogen) atoms. The third-order valence-electron chi connectivity index (χ3n) is 3.49. The molecule has 0 spiro atoms. The largest absolute Gasteiger partial charge is 0.383 e. The van der Waals surface area contributed by atoms with Gasteiger partial charge in [-0.15, -0.1) is 0 Å². The van der Waals surface area contributed by atoms with Gasteiger partial charge in [-0.05, 0) is 19.9 Å². The molecule has 0 radical (unpaired) electrons. The highest BCUT2D eigenvalue weighted by molar-refractivity contribution is 4.77. The highest BCUT2D eigenvalue weighted by atomic mass is 16.5. The first kappa shape index (κ1) is 14.9. The van der Waals surface area contributed by atoms with Crippen LogP contribution in [0.4, 0.5) is 0 Å². The quantitative estimate of drug-likeness (QED) is 0.633. The van der Waals surface area contributed by atoms with Crippen molar-refractivity contribution in [3.8, 4) is 0 Å². The molecule has 1 N–H and O–H groups in total. The summed E-state index contributed by atoms with van der Waals surface area (Å²) in [6, 6.07) is 0.635. The summed E-state index contributed by atoms with van der Waals surface area (Å²) in [6.07, 6.45) is 1.27. The van der Waals surface area contributed by atoms with Crippen LogP contribution in [0, 0.1) is 0 Å². The van der Waals surface area contributed by atoms with Crippen molar-refractivity contribution >= 4 is 0 Å². The molecule has 1 fully saturated rings. The number of hydrogen-bond donors (Lipinski definition) is 1. The maximum absolute atomic E-state index is 5.03. The molecule has 4 heteroatoms. The molecular formula is C13H29N3O. The van der Waals surface area contributed by atoms with Gasteiger partial charge in [0.15, 0.2) is 0 Å². The van der Waals surface area contributed by atoms with Gasteiger partial charge >= 0.3 is 0 Å². The fourth-order valence-electron chi connectivity index (χ4n) is 2.36. The topological polar surface area (TPSA) is 27.7 Å². The first-order valence-corrected chi connectivity index (χ1v) is 6.94. The summed E-state index contributed by atoms with van der Waals surface area (Å²) in [5.74, 6) is 0. The van der Waals surface area contributed by atoms with E-state index in [1.807, 2.05) is 0 Å². The molecule has 102 valence electrons. The molecule has 0 aliphatic carbocycles. The van der Waals surface area contributed by atoms with Gasteiger partial charge in [0.1, 0.15) is 0 Å². The van der Waals surface area contributed by atoms with Crippen LogP contribution in [0.3, 0.4) is 0 Å². The molecule has 0 aromatic rings. The molecule has 1 rings (SSSR count). The van der Waals surface area contributed by atoms with Crippen molar-refractivity contribution in [1.82, 2.24) is 15.1 Å². The zero-order valence-electron chi connectivity index (χ0n) is 11.7. The summed E-state index contributed by atoms with van der Waals surface area (Å²) in [4.78, 5) is 5.16. The number of piperazine rings is 1. The van der Waals surface area contributed by atoms with Crippen LogP contribution in [0.5, 0.6) is 0 Å². The summed E-state index contributed by atoms with van der Waals surface area (Å²) >= 11 is 0. The second-order valence-electron chi connectivity index (χ2n) is 4.92. The summed E-state index contributed by atoms with van der Waals surface area (Å²) in [5, 5.41) is 3.44. The fourth-order valence-corrected chi connectivity index (χ4v) is 2.36. The van der Waals surface area contributed by atoms with Gasteiger partial charge in [0.05, 0.1) is 6.61 Å². The molecule has 1 saturated heterocycles. The molecule has 0 bridgehead atoms. The lowest BCUT2D eigenvalue weighted by atomic mass is 10.2. The van der Waals surface area contributed by atoms with Crippen LogP contribution in [-0.4, -0.2) is 75.4 Å². The summed E-state index contributed by atoms with van der Waals surface area (Å²) in [7, 11) is 1.75. The van der Waals surface area contributed by atoms with Gasteiger partial charge in [-0.3, -0.25) is 4.90 Å². The van der Waals surface area contributed by atoms with Crippen molar-refractivity contribution in [3.63, 3.8) is 0 Å². The van der Waals surface area contributed by atoms with E-state index in [0.717, 1.165) is 19.7 Å². The Morgan fingerprint density at radius 2 is 1.94 bits per heavy atom. The van der Waals surface area contributed by atoms with E-state index in [0.29, 0.717) is 6.04 Å². The second kappa shape index (κ2) is 8.86. The average molecular weight is 243 g/mol. The van der Waals surface area contributed by atoms with Crippen molar-refractivity contribution in [2.75, 3.05) is 59.5 Å². The zero-order chi connectivity index (χ0) is 12.5. The number of hydrogen-bond acceptors (Lipinski definition) is 4. The van der Waals surface area contributed by atoms with E-state index in [1.165, 1.54) is 39.1 Å². The molecule has 1 aliphatic heterocycles. The van der Waals surface area contributed by atoms with Crippen LogP contribution in [0.2, 0.25) is 0 Å². The molecule has 1 heterocycles. The van der Waals surface area contributed by atoms with Gasteiger partial charge in [-0.1, -0.05) is 6.92 Å². The fraction of sp³-hybridized carbons (Fsp3) is 1.00. The summed E-state index contributed by atoms with van der Waals surface area (Å²) in [5.41, 5.74) is 0. The minimum atomic E-state index is 0.635. The lowest BCUT2D eigenvalue weighted by Crippen LogP contribution is -2.52. The van der Waals surface area contributed by atoms with E-state index in [4.69, 9.17) is 4.74 Å². The molecule has 0 amide bonds. The standard InChI is InChI=1S/C13H29N3O/c1-4-6-15-7-9-16(10-8-15)13(2)12-14-5-11-17-3/h13-14H,4-12H2,1-3H3. The monoisotopic (exact) mass is 243 g/mol. The predicted octanol–water partition coefficient (Wildman–Crippen LogP) is 0.639. The maximum Gasteiger partial charge on any atom is 0.0587 e. The van der Waals surface area contributed by atoms with Crippen molar-refractivity contribution in [3.05, 3.63) is 0 Å². The van der Waals surface area contributed by atoms with Gasteiger partial charge in [-0.25, -0.2) is 0 Å². The highest BCUT2D eigenvalue weighted by Gasteiger charge is 2.19. The van der Waals surface area contributed by atoms with Crippen LogP contribution < -0.4 is 5.32 Å². The Balaban J connectivity index is 2.10. The molecule has 1 atom stereocenters. The molecule has 1 unspecified atom stereocenters. The van der Waals surface area contributed by atoms with E-state index in [2.05, 4.69) is 29.0 Å². The van der Waals surface area contributed by atoms with Crippen molar-refractivity contribution in [2.45, 2.75) is 26.3 Å². The van der Waals surface area contributed by atoms with Crippen molar-refractivity contribution in [1.29, 1.82) is 0 Å². The first-order chi connectivity index (χ1) is 8.27. The Labute approximate surface area is 106 Å². The lowest BCUT2D eigenvalue weighted by Gasteiger charge is -2.38. The SMILES string of the molecule is CCCN1CCN(C(C)CNCCOC)CC1. The Morgan fingerprint density at radius 1 is 1.24 bits per heavy atom. The third kappa shape index (κ3) is 5.82. The number of ether oxygens (including phenoxy) is 1. The zero-order valence-corrected chi connectivity index (χ0v) is 11.7. The third-order valence-corrected chi connectivity index (χ3v) is 3.49. The lowest BCUT2D eigenvalue weighted by molar-refractivity contribution is 0.100. The van der Waals surface area contributed by atoms with Crippen LogP contribution in [-0.2, 0) is 4.74 Å².